The molecule has 0 aliphatic heterocycles. The average molecular weight is 594 g/mol. The van der Waals surface area contributed by atoms with E-state index in [4.69, 9.17) is 4.74 Å². The van der Waals surface area contributed by atoms with Crippen molar-refractivity contribution in [2.75, 3.05) is 6.54 Å². The molecule has 5 heteroatoms. The van der Waals surface area contributed by atoms with Crippen LogP contribution in [0.25, 0.3) is 0 Å². The molecule has 1 N–H and O–H groups in total. The molecular weight excluding hydrogens is 541 g/mol. The number of hydrogen-bond acceptors (Lipinski definition) is 3. The summed E-state index contributed by atoms with van der Waals surface area (Å²) in [6.45, 7) is 13.2. The van der Waals surface area contributed by atoms with E-state index in [1.807, 2.05) is 20.8 Å². The summed E-state index contributed by atoms with van der Waals surface area (Å²) in [7, 11) is 0. The van der Waals surface area contributed by atoms with E-state index >= 15 is 0 Å². The zero-order valence-electron chi connectivity index (χ0n) is 23.6. The summed E-state index contributed by atoms with van der Waals surface area (Å²) in [5.41, 5.74) is 0.824. The van der Waals surface area contributed by atoms with E-state index in [9.17, 15) is 9.59 Å². The molecule has 0 radical (unpaired) electrons. The van der Waals surface area contributed by atoms with Crippen LogP contribution in [0.1, 0.15) is 111 Å². The summed E-state index contributed by atoms with van der Waals surface area (Å²) in [5, 5.41) is 3.00. The normalized spacial score (nSPS) is 11.9. The van der Waals surface area contributed by atoms with Gasteiger partial charge in [0.1, 0.15) is 5.60 Å². The minimum atomic E-state index is -2.36. The number of carbonyl (C=O) groups excluding carboxylic acids is 2. The first-order valence-electron chi connectivity index (χ1n) is 14.2. The second kappa shape index (κ2) is 17.4. The van der Waals surface area contributed by atoms with Gasteiger partial charge in [-0.15, -0.1) is 0 Å². The van der Waals surface area contributed by atoms with Crippen LogP contribution in [-0.2, 0) is 20.7 Å². The Morgan fingerprint density at radius 1 is 0.800 bits per heavy atom. The first-order valence-corrected chi connectivity index (χ1v) is 21.7. The van der Waals surface area contributed by atoms with Crippen molar-refractivity contribution < 1.29 is 14.3 Å². The monoisotopic (exact) mass is 595 g/mol. The Bertz CT molecular complexity index is 702. The van der Waals surface area contributed by atoms with Gasteiger partial charge in [-0.1, -0.05) is 0 Å². The molecule has 0 heterocycles. The molecule has 0 unspecified atom stereocenters. The first kappa shape index (κ1) is 32.0. The quantitative estimate of drug-likeness (QED) is 0.110. The summed E-state index contributed by atoms with van der Waals surface area (Å²) < 4.78 is 11.5. The Morgan fingerprint density at radius 3 is 1.83 bits per heavy atom. The van der Waals surface area contributed by atoms with E-state index in [0.717, 1.165) is 19.3 Å². The number of amides is 1. The van der Waals surface area contributed by atoms with Crippen molar-refractivity contribution in [3.05, 3.63) is 29.8 Å². The van der Waals surface area contributed by atoms with E-state index in [1.165, 1.54) is 57.4 Å². The maximum absolute atomic E-state index is 12.3. The molecule has 1 aromatic carbocycles. The van der Waals surface area contributed by atoms with Crippen LogP contribution in [0.5, 0.6) is 0 Å². The van der Waals surface area contributed by atoms with Gasteiger partial charge < -0.3 is 4.74 Å². The van der Waals surface area contributed by atoms with Gasteiger partial charge in [0.15, 0.2) is 0 Å². The van der Waals surface area contributed by atoms with Crippen LogP contribution in [0.4, 0.5) is 0 Å². The summed E-state index contributed by atoms with van der Waals surface area (Å²) in [6.07, 6.45) is 11.3. The Kier molecular flexibility index (Phi) is 15.9. The van der Waals surface area contributed by atoms with Crippen molar-refractivity contribution in [1.82, 2.24) is 5.32 Å². The number of hydrogen-bond donors (Lipinski definition) is 1. The molecule has 1 rings (SSSR count). The average Bonchev–Trinajstić information content (AvgIpc) is 2.81. The van der Waals surface area contributed by atoms with Crippen LogP contribution in [0, 0.1) is 0 Å². The Balaban J connectivity index is 2.53. The zero-order chi connectivity index (χ0) is 26.2. The fourth-order valence-corrected chi connectivity index (χ4v) is 20.7. The molecule has 0 aromatic heterocycles. The summed E-state index contributed by atoms with van der Waals surface area (Å²) in [6, 6.07) is 9.44. The van der Waals surface area contributed by atoms with Crippen molar-refractivity contribution in [3.63, 3.8) is 0 Å². The van der Waals surface area contributed by atoms with Gasteiger partial charge in [-0.2, -0.15) is 0 Å². The fourth-order valence-electron chi connectivity index (χ4n) is 4.74. The van der Waals surface area contributed by atoms with E-state index in [2.05, 4.69) is 50.4 Å². The molecule has 200 valence electrons. The Hall–Kier alpha value is -1.04. The van der Waals surface area contributed by atoms with Crippen molar-refractivity contribution in [3.8, 4) is 0 Å². The molecule has 0 bridgehead atoms. The molecular formula is C30H53NO3Sn. The number of ether oxygens (including phenoxy) is 1. The summed E-state index contributed by atoms with van der Waals surface area (Å²) in [4.78, 5) is 24.0. The second-order valence-electron chi connectivity index (χ2n) is 11.2. The fraction of sp³-hybridized carbons (Fsp3) is 0.733. The molecule has 4 nitrogen and oxygen atoms in total. The third-order valence-electron chi connectivity index (χ3n) is 6.78. The minimum absolute atomic E-state index is 0.0914. The Morgan fingerprint density at radius 2 is 1.34 bits per heavy atom. The van der Waals surface area contributed by atoms with E-state index < -0.39 is 24.0 Å². The topological polar surface area (TPSA) is 55.4 Å². The van der Waals surface area contributed by atoms with Crippen molar-refractivity contribution in [2.24, 2.45) is 0 Å². The number of unbranched alkanes of at least 4 members (excludes halogenated alkanes) is 4. The van der Waals surface area contributed by atoms with E-state index in [0.29, 0.717) is 19.4 Å². The van der Waals surface area contributed by atoms with Gasteiger partial charge in [-0.3, -0.25) is 4.79 Å². The van der Waals surface area contributed by atoms with Crippen LogP contribution in [0.2, 0.25) is 13.3 Å². The van der Waals surface area contributed by atoms with Crippen molar-refractivity contribution >= 4 is 33.8 Å². The van der Waals surface area contributed by atoms with Gasteiger partial charge in [-0.25, -0.2) is 0 Å². The molecule has 0 saturated carbocycles. The van der Waals surface area contributed by atoms with Gasteiger partial charge in [-0.05, 0) is 20.8 Å². The number of rotatable bonds is 18. The molecule has 35 heavy (non-hydrogen) atoms. The van der Waals surface area contributed by atoms with E-state index in [1.54, 1.807) is 3.58 Å². The van der Waals surface area contributed by atoms with E-state index in [-0.39, 0.29) is 11.9 Å². The van der Waals surface area contributed by atoms with Gasteiger partial charge >= 0.3 is 185 Å². The van der Waals surface area contributed by atoms with Crippen molar-refractivity contribution in [1.29, 1.82) is 0 Å². The predicted octanol–water partition coefficient (Wildman–Crippen LogP) is 7.30. The number of aryl methyl sites for hydroxylation is 1. The molecule has 1 amide bonds. The van der Waals surface area contributed by atoms with Crippen molar-refractivity contribution in [2.45, 2.75) is 131 Å². The number of benzene rings is 1. The predicted molar refractivity (Wildman–Crippen MR) is 152 cm³/mol. The molecule has 1 aromatic rings. The van der Waals surface area contributed by atoms with Gasteiger partial charge in [0, 0.05) is 0 Å². The van der Waals surface area contributed by atoms with Gasteiger partial charge in [0.2, 0.25) is 0 Å². The third kappa shape index (κ3) is 13.7. The standard InChI is InChI=1S/C18H26NO3.3C4H9.Sn/c1-18(2,3)22-17(21)11-7-8-14-19-16(20)13-12-15-9-5-4-6-10-15;3*1-3-4-2;/h5-6,9-10H,7-8,11-14H2,1-3H3,(H,19,20);3*1,3-4H2,2H3;. The van der Waals surface area contributed by atoms with Crippen LogP contribution in [0.15, 0.2) is 24.3 Å². The Labute approximate surface area is 220 Å². The van der Waals surface area contributed by atoms with Gasteiger partial charge in [0.25, 0.3) is 0 Å². The molecule has 0 fully saturated rings. The molecule has 0 atom stereocenters. The third-order valence-corrected chi connectivity index (χ3v) is 22.5. The number of carbonyl (C=O) groups is 2. The number of esters is 1. The molecule has 0 saturated heterocycles. The summed E-state index contributed by atoms with van der Waals surface area (Å²) in [5.74, 6) is -0.0753. The molecule has 0 aliphatic carbocycles. The van der Waals surface area contributed by atoms with Crippen LogP contribution >= 0.6 is 0 Å². The molecule has 0 aliphatic rings. The first-order chi connectivity index (χ1) is 16.7. The second-order valence-corrected chi connectivity index (χ2v) is 24.4. The van der Waals surface area contributed by atoms with Crippen LogP contribution in [0.3, 0.4) is 0 Å². The summed E-state index contributed by atoms with van der Waals surface area (Å²) >= 11 is -2.36. The molecule has 0 spiro atoms. The number of nitrogens with one attached hydrogen (secondary N) is 1. The maximum atomic E-state index is 12.3. The van der Waals surface area contributed by atoms with Crippen LogP contribution in [-0.4, -0.2) is 42.4 Å². The van der Waals surface area contributed by atoms with Crippen LogP contribution < -0.4 is 8.90 Å². The zero-order valence-corrected chi connectivity index (χ0v) is 26.5. The van der Waals surface area contributed by atoms with Gasteiger partial charge in [0.05, 0.1) is 0 Å². The SMILES string of the molecule is CCC[CH2][Sn]([CH2]CCC)([CH2]CCC)[c]1ccc(CCC(=O)NCCCCC(=O)OC(C)(C)C)cc1.